The van der Waals surface area contributed by atoms with Crippen LogP contribution in [0.25, 0.3) is 0 Å². The SMILES string of the molecule is CCCCC(CC)COC(=O)CCCCOC(=O)CCCCCO. The van der Waals surface area contributed by atoms with Crippen molar-refractivity contribution in [3.8, 4) is 0 Å². The Hall–Kier alpha value is -1.10. The summed E-state index contributed by atoms with van der Waals surface area (Å²) in [6.45, 7) is 5.36. The van der Waals surface area contributed by atoms with Crippen molar-refractivity contribution in [1.82, 2.24) is 0 Å². The highest BCUT2D eigenvalue weighted by Gasteiger charge is 2.10. The largest absolute Gasteiger partial charge is 0.466 e. The van der Waals surface area contributed by atoms with Crippen molar-refractivity contribution in [2.75, 3.05) is 19.8 Å². The summed E-state index contributed by atoms with van der Waals surface area (Å²) in [4.78, 5) is 23.1. The van der Waals surface area contributed by atoms with Gasteiger partial charge >= 0.3 is 11.9 Å². The van der Waals surface area contributed by atoms with Gasteiger partial charge in [-0.2, -0.15) is 0 Å². The molecule has 0 heterocycles. The Morgan fingerprint density at radius 2 is 1.54 bits per heavy atom. The number of rotatable bonds is 16. The van der Waals surface area contributed by atoms with Crippen molar-refractivity contribution in [3.63, 3.8) is 0 Å². The molecule has 1 atom stereocenters. The average Bonchev–Trinajstić information content (AvgIpc) is 2.58. The number of unbranched alkanes of at least 4 members (excludes halogenated alkanes) is 4. The minimum Gasteiger partial charge on any atom is -0.466 e. The molecule has 0 fully saturated rings. The van der Waals surface area contributed by atoms with Gasteiger partial charge in [-0.15, -0.1) is 0 Å². The number of ether oxygens (including phenoxy) is 2. The maximum atomic E-state index is 11.7. The molecule has 0 aromatic heterocycles. The van der Waals surface area contributed by atoms with Crippen molar-refractivity contribution in [1.29, 1.82) is 0 Å². The molecule has 5 nitrogen and oxygen atoms in total. The quantitative estimate of drug-likeness (QED) is 0.338. The van der Waals surface area contributed by atoms with Gasteiger partial charge in [0.15, 0.2) is 0 Å². The molecule has 1 unspecified atom stereocenters. The zero-order valence-electron chi connectivity index (χ0n) is 15.6. The van der Waals surface area contributed by atoms with Gasteiger partial charge in [-0.1, -0.05) is 39.5 Å². The molecule has 1 N–H and O–H groups in total. The monoisotopic (exact) mass is 344 g/mol. The highest BCUT2D eigenvalue weighted by atomic mass is 16.5. The van der Waals surface area contributed by atoms with E-state index in [2.05, 4.69) is 13.8 Å². The van der Waals surface area contributed by atoms with Crippen LogP contribution in [0, 0.1) is 5.92 Å². The van der Waals surface area contributed by atoms with Crippen LogP contribution in [0.5, 0.6) is 0 Å². The Morgan fingerprint density at radius 3 is 2.17 bits per heavy atom. The van der Waals surface area contributed by atoms with Gasteiger partial charge in [-0.05, 0) is 38.0 Å². The fourth-order valence-electron chi connectivity index (χ4n) is 2.37. The molecule has 0 spiro atoms. The Kier molecular flexibility index (Phi) is 16.0. The molecule has 0 amide bonds. The minimum atomic E-state index is -0.197. The fraction of sp³-hybridized carbons (Fsp3) is 0.895. The molecule has 0 aromatic rings. The molecule has 24 heavy (non-hydrogen) atoms. The van der Waals surface area contributed by atoms with Gasteiger partial charge in [0.05, 0.1) is 13.2 Å². The van der Waals surface area contributed by atoms with Crippen LogP contribution in [0.15, 0.2) is 0 Å². The van der Waals surface area contributed by atoms with E-state index in [1.807, 2.05) is 0 Å². The third-order valence-corrected chi connectivity index (χ3v) is 4.10. The summed E-state index contributed by atoms with van der Waals surface area (Å²) in [5.74, 6) is 0.123. The summed E-state index contributed by atoms with van der Waals surface area (Å²) in [7, 11) is 0. The normalized spacial score (nSPS) is 12.0. The third kappa shape index (κ3) is 14.5. The van der Waals surface area contributed by atoms with Crippen molar-refractivity contribution in [2.45, 2.75) is 84.5 Å². The van der Waals surface area contributed by atoms with Crippen LogP contribution in [0.2, 0.25) is 0 Å². The lowest BCUT2D eigenvalue weighted by Crippen LogP contribution is -2.14. The van der Waals surface area contributed by atoms with Crippen LogP contribution in [0.4, 0.5) is 0 Å². The van der Waals surface area contributed by atoms with Gasteiger partial charge < -0.3 is 14.6 Å². The number of esters is 2. The molecule has 0 bridgehead atoms. The summed E-state index contributed by atoms with van der Waals surface area (Å²) in [6.07, 6.45) is 9.00. The predicted molar refractivity (Wildman–Crippen MR) is 94.6 cm³/mol. The van der Waals surface area contributed by atoms with Crippen molar-refractivity contribution >= 4 is 11.9 Å². The number of hydrogen-bond acceptors (Lipinski definition) is 5. The zero-order valence-corrected chi connectivity index (χ0v) is 15.6. The molecule has 0 aliphatic rings. The van der Waals surface area contributed by atoms with E-state index in [0.29, 0.717) is 44.8 Å². The third-order valence-electron chi connectivity index (χ3n) is 4.10. The first-order chi connectivity index (χ1) is 11.6. The number of aliphatic hydroxyl groups is 1. The van der Waals surface area contributed by atoms with E-state index in [4.69, 9.17) is 14.6 Å². The standard InChI is InChI=1S/C19H36O5/c1-3-5-11-17(4-2)16-24-19(22)13-8-10-15-23-18(21)12-7-6-9-14-20/h17,20H,3-16H2,1-2H3. The van der Waals surface area contributed by atoms with Crippen LogP contribution >= 0.6 is 0 Å². The molecule has 0 aliphatic carbocycles. The molecule has 0 rings (SSSR count). The number of carbonyl (C=O) groups excluding carboxylic acids is 2. The van der Waals surface area contributed by atoms with Gasteiger partial charge in [0.1, 0.15) is 0 Å². The van der Waals surface area contributed by atoms with E-state index in [0.717, 1.165) is 32.1 Å². The summed E-state index contributed by atoms with van der Waals surface area (Å²) >= 11 is 0. The molecule has 0 aromatic carbocycles. The lowest BCUT2D eigenvalue weighted by Gasteiger charge is -2.14. The van der Waals surface area contributed by atoms with Gasteiger partial charge in [0.25, 0.3) is 0 Å². The molecular formula is C19H36O5. The lowest BCUT2D eigenvalue weighted by atomic mass is 10.0. The second-order valence-electron chi connectivity index (χ2n) is 6.31. The molecule has 0 saturated carbocycles. The van der Waals surface area contributed by atoms with Gasteiger partial charge in [-0.25, -0.2) is 0 Å². The second kappa shape index (κ2) is 16.7. The van der Waals surface area contributed by atoms with Crippen LogP contribution in [0.3, 0.4) is 0 Å². The van der Waals surface area contributed by atoms with Crippen LogP contribution in [0.1, 0.15) is 84.5 Å². The van der Waals surface area contributed by atoms with E-state index in [-0.39, 0.29) is 18.5 Å². The topological polar surface area (TPSA) is 72.8 Å². The Bertz CT molecular complexity index is 317. The average molecular weight is 344 g/mol. The molecule has 0 radical (unpaired) electrons. The summed E-state index contributed by atoms with van der Waals surface area (Å²) in [5.41, 5.74) is 0. The molecule has 142 valence electrons. The maximum absolute atomic E-state index is 11.7. The van der Waals surface area contributed by atoms with Gasteiger partial charge in [0.2, 0.25) is 0 Å². The molecule has 0 saturated heterocycles. The summed E-state index contributed by atoms with van der Waals surface area (Å²) in [5, 5.41) is 8.64. The minimum absolute atomic E-state index is 0.153. The Balaban J connectivity index is 3.52. The molecule has 5 heteroatoms. The van der Waals surface area contributed by atoms with Crippen LogP contribution in [-0.4, -0.2) is 36.9 Å². The molecule has 0 aliphatic heterocycles. The first-order valence-corrected chi connectivity index (χ1v) is 9.56. The van der Waals surface area contributed by atoms with Crippen LogP contribution in [-0.2, 0) is 19.1 Å². The van der Waals surface area contributed by atoms with Crippen molar-refractivity contribution in [2.24, 2.45) is 5.92 Å². The molecular weight excluding hydrogens is 308 g/mol. The number of aliphatic hydroxyl groups excluding tert-OH is 1. The second-order valence-corrected chi connectivity index (χ2v) is 6.31. The lowest BCUT2D eigenvalue weighted by molar-refractivity contribution is -0.145. The van der Waals surface area contributed by atoms with E-state index < -0.39 is 0 Å². The first kappa shape index (κ1) is 22.9. The van der Waals surface area contributed by atoms with Crippen LogP contribution < -0.4 is 0 Å². The predicted octanol–water partition coefficient (Wildman–Crippen LogP) is 4.01. The van der Waals surface area contributed by atoms with Gasteiger partial charge in [-0.3, -0.25) is 9.59 Å². The van der Waals surface area contributed by atoms with Gasteiger partial charge in [0, 0.05) is 19.4 Å². The van der Waals surface area contributed by atoms with E-state index >= 15 is 0 Å². The van der Waals surface area contributed by atoms with Crippen molar-refractivity contribution in [3.05, 3.63) is 0 Å². The first-order valence-electron chi connectivity index (χ1n) is 9.56. The summed E-state index contributed by atoms with van der Waals surface area (Å²) < 4.78 is 10.4. The number of hydrogen-bond donors (Lipinski definition) is 1. The maximum Gasteiger partial charge on any atom is 0.305 e. The highest BCUT2D eigenvalue weighted by Crippen LogP contribution is 2.13. The zero-order chi connectivity index (χ0) is 18.0. The van der Waals surface area contributed by atoms with Crippen molar-refractivity contribution < 1.29 is 24.2 Å². The van der Waals surface area contributed by atoms with E-state index in [1.54, 1.807) is 0 Å². The highest BCUT2D eigenvalue weighted by molar-refractivity contribution is 5.69. The smallest absolute Gasteiger partial charge is 0.305 e. The Labute approximate surface area is 147 Å². The number of carbonyl (C=O) groups is 2. The fourth-order valence-corrected chi connectivity index (χ4v) is 2.37. The Morgan fingerprint density at radius 1 is 0.875 bits per heavy atom. The van der Waals surface area contributed by atoms with E-state index in [1.165, 1.54) is 12.8 Å². The van der Waals surface area contributed by atoms with E-state index in [9.17, 15) is 9.59 Å². The summed E-state index contributed by atoms with van der Waals surface area (Å²) in [6, 6.07) is 0.